The molecule has 0 fully saturated rings. The zero-order valence-corrected chi connectivity index (χ0v) is 14.5. The molecule has 5 heteroatoms. The standard InChI is InChI=1S/C16H27NO3S/c1-6-11-20-14-9-7-13(8-10-14)15(17-5)12-21(18,19)16(2,3)4/h7-10,15,17H,6,11-12H2,1-5H3. The van der Waals surface area contributed by atoms with Crippen molar-refractivity contribution in [2.75, 3.05) is 19.4 Å². The van der Waals surface area contributed by atoms with Gasteiger partial charge in [-0.1, -0.05) is 19.1 Å². The highest BCUT2D eigenvalue weighted by molar-refractivity contribution is 7.92. The Morgan fingerprint density at radius 3 is 2.19 bits per heavy atom. The van der Waals surface area contributed by atoms with Crippen molar-refractivity contribution in [1.82, 2.24) is 5.32 Å². The molecular weight excluding hydrogens is 286 g/mol. The number of rotatable bonds is 7. The monoisotopic (exact) mass is 313 g/mol. The second kappa shape index (κ2) is 7.27. The topological polar surface area (TPSA) is 55.4 Å². The van der Waals surface area contributed by atoms with Gasteiger partial charge in [0.15, 0.2) is 9.84 Å². The molecule has 0 bridgehead atoms. The minimum absolute atomic E-state index is 0.0855. The summed E-state index contributed by atoms with van der Waals surface area (Å²) in [5, 5.41) is 3.09. The van der Waals surface area contributed by atoms with Gasteiger partial charge in [-0.3, -0.25) is 0 Å². The maximum absolute atomic E-state index is 12.3. The number of hydrogen-bond donors (Lipinski definition) is 1. The third-order valence-electron chi connectivity index (χ3n) is 3.42. The lowest BCUT2D eigenvalue weighted by Gasteiger charge is -2.24. The van der Waals surface area contributed by atoms with Crippen molar-refractivity contribution in [2.24, 2.45) is 0 Å². The SMILES string of the molecule is CCCOc1ccc(C(CS(=O)(=O)C(C)(C)C)NC)cc1. The van der Waals surface area contributed by atoms with Crippen LogP contribution in [0.15, 0.2) is 24.3 Å². The summed E-state index contributed by atoms with van der Waals surface area (Å²) in [6.07, 6.45) is 0.963. The van der Waals surface area contributed by atoms with Gasteiger partial charge in [-0.05, 0) is 51.9 Å². The fourth-order valence-corrected chi connectivity index (χ4v) is 3.13. The fourth-order valence-electron chi connectivity index (χ4n) is 1.83. The van der Waals surface area contributed by atoms with Gasteiger partial charge in [-0.15, -0.1) is 0 Å². The van der Waals surface area contributed by atoms with Crippen LogP contribution in [0.4, 0.5) is 0 Å². The molecule has 1 aromatic rings. The van der Waals surface area contributed by atoms with Crippen molar-refractivity contribution in [2.45, 2.75) is 44.9 Å². The predicted molar refractivity (Wildman–Crippen MR) is 87.6 cm³/mol. The highest BCUT2D eigenvalue weighted by atomic mass is 32.2. The summed E-state index contributed by atoms with van der Waals surface area (Å²) < 4.78 is 29.5. The van der Waals surface area contributed by atoms with Gasteiger partial charge in [-0.2, -0.15) is 0 Å². The lowest BCUT2D eigenvalue weighted by Crippen LogP contribution is -2.35. The molecule has 0 aliphatic carbocycles. The molecule has 0 spiro atoms. The molecule has 4 nitrogen and oxygen atoms in total. The first-order valence-corrected chi connectivity index (χ1v) is 8.99. The Bertz CT molecular complexity index is 530. The highest BCUT2D eigenvalue weighted by Gasteiger charge is 2.31. The van der Waals surface area contributed by atoms with Crippen molar-refractivity contribution in [3.8, 4) is 5.75 Å². The molecule has 0 saturated carbocycles. The second-order valence-electron chi connectivity index (χ2n) is 6.15. The molecular formula is C16H27NO3S. The van der Waals surface area contributed by atoms with E-state index < -0.39 is 14.6 Å². The lowest BCUT2D eigenvalue weighted by atomic mass is 10.1. The van der Waals surface area contributed by atoms with E-state index in [-0.39, 0.29) is 11.8 Å². The fraction of sp³-hybridized carbons (Fsp3) is 0.625. The smallest absolute Gasteiger partial charge is 0.157 e. The van der Waals surface area contributed by atoms with Crippen LogP contribution in [-0.4, -0.2) is 32.6 Å². The van der Waals surface area contributed by atoms with E-state index in [9.17, 15) is 8.42 Å². The Morgan fingerprint density at radius 2 is 1.76 bits per heavy atom. The van der Waals surface area contributed by atoms with Crippen LogP contribution in [0.1, 0.15) is 45.7 Å². The minimum Gasteiger partial charge on any atom is -0.494 e. The molecule has 21 heavy (non-hydrogen) atoms. The predicted octanol–water partition coefficient (Wildman–Crippen LogP) is 2.95. The van der Waals surface area contributed by atoms with Gasteiger partial charge >= 0.3 is 0 Å². The molecule has 0 aliphatic rings. The highest BCUT2D eigenvalue weighted by Crippen LogP contribution is 2.24. The Kier molecular flexibility index (Phi) is 6.23. The van der Waals surface area contributed by atoms with E-state index in [0.29, 0.717) is 6.61 Å². The Hall–Kier alpha value is -1.07. The van der Waals surface area contributed by atoms with E-state index in [1.54, 1.807) is 27.8 Å². The van der Waals surface area contributed by atoms with Gasteiger partial charge in [0.05, 0.1) is 17.1 Å². The molecule has 0 heterocycles. The Morgan fingerprint density at radius 1 is 1.19 bits per heavy atom. The number of ether oxygens (including phenoxy) is 1. The molecule has 1 unspecified atom stereocenters. The van der Waals surface area contributed by atoms with E-state index in [0.717, 1.165) is 17.7 Å². The molecule has 0 radical (unpaired) electrons. The lowest BCUT2D eigenvalue weighted by molar-refractivity contribution is 0.317. The summed E-state index contributed by atoms with van der Waals surface area (Å²) in [6.45, 7) is 7.94. The minimum atomic E-state index is -3.18. The van der Waals surface area contributed by atoms with E-state index in [4.69, 9.17) is 4.74 Å². The van der Waals surface area contributed by atoms with Gasteiger partial charge in [0.1, 0.15) is 5.75 Å². The quantitative estimate of drug-likeness (QED) is 0.841. The summed E-state index contributed by atoms with van der Waals surface area (Å²) >= 11 is 0. The molecule has 0 amide bonds. The number of hydrogen-bond acceptors (Lipinski definition) is 4. The maximum atomic E-state index is 12.3. The van der Waals surface area contributed by atoms with Crippen LogP contribution in [0.2, 0.25) is 0 Å². The van der Waals surface area contributed by atoms with E-state index >= 15 is 0 Å². The molecule has 1 rings (SSSR count). The molecule has 0 saturated heterocycles. The molecule has 1 N–H and O–H groups in total. The van der Waals surface area contributed by atoms with Crippen LogP contribution in [0.25, 0.3) is 0 Å². The molecule has 0 aliphatic heterocycles. The maximum Gasteiger partial charge on any atom is 0.157 e. The van der Waals surface area contributed by atoms with Gasteiger partial charge in [0.25, 0.3) is 0 Å². The van der Waals surface area contributed by atoms with Gasteiger partial charge in [-0.25, -0.2) is 8.42 Å². The van der Waals surface area contributed by atoms with Gasteiger partial charge in [0.2, 0.25) is 0 Å². The second-order valence-corrected chi connectivity index (χ2v) is 8.94. The van der Waals surface area contributed by atoms with Crippen LogP contribution in [0, 0.1) is 0 Å². The molecule has 120 valence electrons. The van der Waals surface area contributed by atoms with Gasteiger partial charge in [0, 0.05) is 6.04 Å². The first-order valence-electron chi connectivity index (χ1n) is 7.33. The third-order valence-corrected chi connectivity index (χ3v) is 6.06. The van der Waals surface area contributed by atoms with Crippen molar-refractivity contribution in [3.63, 3.8) is 0 Å². The van der Waals surface area contributed by atoms with Crippen LogP contribution < -0.4 is 10.1 Å². The number of benzene rings is 1. The largest absolute Gasteiger partial charge is 0.494 e. The van der Waals surface area contributed by atoms with Crippen LogP contribution in [0.3, 0.4) is 0 Å². The normalized spacial score (nSPS) is 14.0. The summed E-state index contributed by atoms with van der Waals surface area (Å²) in [7, 11) is -1.39. The number of sulfone groups is 1. The summed E-state index contributed by atoms with van der Waals surface area (Å²) in [5.41, 5.74) is 0.953. The Balaban J connectivity index is 2.86. The average molecular weight is 313 g/mol. The van der Waals surface area contributed by atoms with E-state index in [1.807, 2.05) is 24.3 Å². The zero-order chi connectivity index (χ0) is 16.1. The zero-order valence-electron chi connectivity index (χ0n) is 13.6. The summed E-state index contributed by atoms with van der Waals surface area (Å²) in [4.78, 5) is 0. The van der Waals surface area contributed by atoms with Crippen molar-refractivity contribution < 1.29 is 13.2 Å². The van der Waals surface area contributed by atoms with Crippen molar-refractivity contribution in [1.29, 1.82) is 0 Å². The van der Waals surface area contributed by atoms with E-state index in [2.05, 4.69) is 12.2 Å². The first-order chi connectivity index (χ1) is 9.71. The van der Waals surface area contributed by atoms with Crippen LogP contribution in [-0.2, 0) is 9.84 Å². The Labute approximate surface area is 128 Å². The first kappa shape index (κ1) is 18.0. The van der Waals surface area contributed by atoms with Crippen molar-refractivity contribution >= 4 is 9.84 Å². The summed E-state index contributed by atoms with van der Waals surface area (Å²) in [5.74, 6) is 0.899. The van der Waals surface area contributed by atoms with Crippen LogP contribution >= 0.6 is 0 Å². The number of nitrogens with one attached hydrogen (secondary N) is 1. The average Bonchev–Trinajstić information content (AvgIpc) is 2.42. The summed E-state index contributed by atoms with van der Waals surface area (Å²) in [6, 6.07) is 7.40. The molecule has 1 atom stereocenters. The third kappa shape index (κ3) is 5.00. The molecule has 0 aromatic heterocycles. The van der Waals surface area contributed by atoms with Crippen molar-refractivity contribution in [3.05, 3.63) is 29.8 Å². The van der Waals surface area contributed by atoms with Gasteiger partial charge < -0.3 is 10.1 Å². The van der Waals surface area contributed by atoms with E-state index in [1.165, 1.54) is 0 Å². The van der Waals surface area contributed by atoms with Crippen LogP contribution in [0.5, 0.6) is 5.75 Å². The molecule has 1 aromatic carbocycles.